The molecule has 0 aliphatic heterocycles. The van der Waals surface area contributed by atoms with Gasteiger partial charge in [0, 0.05) is 5.69 Å². The molecule has 0 aromatic heterocycles. The van der Waals surface area contributed by atoms with Gasteiger partial charge in [0.2, 0.25) is 5.70 Å². The van der Waals surface area contributed by atoms with Gasteiger partial charge in [-0.15, -0.1) is 0 Å². The summed E-state index contributed by atoms with van der Waals surface area (Å²) in [6, 6.07) is 5.52. The highest BCUT2D eigenvalue weighted by Gasteiger charge is 2.11. The lowest BCUT2D eigenvalue weighted by Gasteiger charge is -2.05. The molecule has 0 spiro atoms. The van der Waals surface area contributed by atoms with Crippen molar-refractivity contribution in [2.75, 3.05) is 12.4 Å². The number of anilines is 1. The summed E-state index contributed by atoms with van der Waals surface area (Å²) in [6.45, 7) is 0. The average Bonchev–Trinajstić information content (AvgIpc) is 2.35. The molecule has 1 aromatic carbocycles. The number of hydrogen-bond acceptors (Lipinski definition) is 5. The number of benzene rings is 1. The number of carbonyl (C=O) groups excluding carboxylic acids is 2. The van der Waals surface area contributed by atoms with E-state index in [1.54, 1.807) is 0 Å². The van der Waals surface area contributed by atoms with Crippen LogP contribution in [-0.2, 0) is 14.3 Å². The summed E-state index contributed by atoms with van der Waals surface area (Å²) in [6.07, 6.45) is 0. The minimum absolute atomic E-state index is 0.102. The largest absolute Gasteiger partial charge is 0.478 e. The number of nitrogens with one attached hydrogen (secondary N) is 1. The number of hydrogen-bond donors (Lipinski definition) is 2. The first-order chi connectivity index (χ1) is 8.08. The van der Waals surface area contributed by atoms with Gasteiger partial charge in [-0.1, -0.05) is 0 Å². The van der Waals surface area contributed by atoms with Gasteiger partial charge in [0.1, 0.15) is 0 Å². The van der Waals surface area contributed by atoms with Crippen molar-refractivity contribution in [2.45, 2.75) is 0 Å². The second-order valence-electron chi connectivity index (χ2n) is 2.98. The molecule has 0 unspecified atom stereocenters. The Bertz CT molecular complexity index is 485. The highest BCUT2D eigenvalue weighted by molar-refractivity contribution is 5.99. The molecule has 0 radical (unpaired) electrons. The van der Waals surface area contributed by atoms with Crippen molar-refractivity contribution in [2.24, 2.45) is 0 Å². The fourth-order valence-electron chi connectivity index (χ4n) is 1.06. The molecule has 0 fully saturated rings. The topological polar surface area (TPSA) is 92.7 Å². The summed E-state index contributed by atoms with van der Waals surface area (Å²) < 4.78 is 4.34. The molecule has 0 amide bonds. The van der Waals surface area contributed by atoms with Crippen LogP contribution in [-0.4, -0.2) is 30.1 Å². The van der Waals surface area contributed by atoms with Crippen molar-refractivity contribution in [3.05, 3.63) is 35.5 Å². The highest BCUT2D eigenvalue weighted by Crippen LogP contribution is 2.11. The lowest BCUT2D eigenvalue weighted by molar-refractivity contribution is -0.135. The summed E-state index contributed by atoms with van der Waals surface area (Å²) in [5.41, 5.74) is 0.111. The van der Waals surface area contributed by atoms with Gasteiger partial charge in [-0.2, -0.15) is 0 Å². The van der Waals surface area contributed by atoms with Crippen LogP contribution in [0.25, 0.3) is 0 Å². The van der Waals surface area contributed by atoms with Crippen LogP contribution in [0.5, 0.6) is 0 Å². The van der Waals surface area contributed by atoms with Crippen molar-refractivity contribution < 1.29 is 24.2 Å². The summed E-state index contributed by atoms with van der Waals surface area (Å²) in [4.78, 5) is 32.1. The van der Waals surface area contributed by atoms with E-state index in [2.05, 4.69) is 10.1 Å². The maximum Gasteiger partial charge on any atom is 0.366 e. The molecule has 0 atom stereocenters. The maximum atomic E-state index is 11.0. The molecule has 17 heavy (non-hydrogen) atoms. The van der Waals surface area contributed by atoms with E-state index in [0.717, 1.165) is 7.11 Å². The van der Waals surface area contributed by atoms with E-state index in [0.29, 0.717) is 5.69 Å². The van der Waals surface area contributed by atoms with E-state index in [9.17, 15) is 14.4 Å². The number of carboxylic acid groups (broad SMARTS) is 1. The molecule has 2 N–H and O–H groups in total. The van der Waals surface area contributed by atoms with Gasteiger partial charge in [-0.25, -0.2) is 14.4 Å². The smallest absolute Gasteiger partial charge is 0.366 e. The second kappa shape index (κ2) is 5.48. The third-order valence-corrected chi connectivity index (χ3v) is 1.89. The molecule has 6 nitrogen and oxygen atoms in total. The number of rotatable bonds is 4. The quantitative estimate of drug-likeness (QED) is 0.453. The van der Waals surface area contributed by atoms with Gasteiger partial charge >= 0.3 is 11.9 Å². The van der Waals surface area contributed by atoms with Gasteiger partial charge in [0.05, 0.1) is 12.7 Å². The number of esters is 1. The lowest BCUT2D eigenvalue weighted by Crippen LogP contribution is -2.13. The van der Waals surface area contributed by atoms with Crippen LogP contribution in [0.1, 0.15) is 10.4 Å². The van der Waals surface area contributed by atoms with E-state index in [1.807, 2.05) is 0 Å². The van der Waals surface area contributed by atoms with E-state index in [-0.39, 0.29) is 11.3 Å². The molecule has 1 rings (SSSR count). The van der Waals surface area contributed by atoms with Crippen LogP contribution in [0.15, 0.2) is 30.0 Å². The molecule has 0 aliphatic carbocycles. The van der Waals surface area contributed by atoms with E-state index in [4.69, 9.17) is 5.11 Å². The fourth-order valence-corrected chi connectivity index (χ4v) is 1.06. The van der Waals surface area contributed by atoms with Crippen molar-refractivity contribution in [1.29, 1.82) is 0 Å². The Hall–Kier alpha value is -2.59. The normalized spacial score (nSPS) is 9.00. The summed E-state index contributed by atoms with van der Waals surface area (Å²) in [7, 11) is 1.13. The number of carbonyl (C=O) groups is 2. The van der Waals surface area contributed by atoms with E-state index >= 15 is 0 Å². The predicted octanol–water partition coefficient (Wildman–Crippen LogP) is 0.685. The highest BCUT2D eigenvalue weighted by atomic mass is 16.5. The van der Waals surface area contributed by atoms with E-state index < -0.39 is 11.9 Å². The standard InChI is InChI=1S/C11H9NO5/c1-17-11(16)9(6-13)12-8-4-2-7(3-5-8)10(14)15/h2-5,12H,1H3,(H,14,15). The Labute approximate surface area is 96.5 Å². The van der Waals surface area contributed by atoms with Crippen molar-refractivity contribution in [3.8, 4) is 0 Å². The van der Waals surface area contributed by atoms with Crippen LogP contribution < -0.4 is 5.32 Å². The molecule has 1 aromatic rings. The van der Waals surface area contributed by atoms with Crippen molar-refractivity contribution in [3.63, 3.8) is 0 Å². The summed E-state index contributed by atoms with van der Waals surface area (Å²) in [5, 5.41) is 11.1. The first kappa shape index (κ1) is 12.5. The van der Waals surface area contributed by atoms with Crippen LogP contribution in [0.4, 0.5) is 5.69 Å². The van der Waals surface area contributed by atoms with Crippen LogP contribution in [0.2, 0.25) is 0 Å². The second-order valence-corrected chi connectivity index (χ2v) is 2.98. The summed E-state index contributed by atoms with van der Waals surface area (Å²) >= 11 is 0. The summed E-state index contributed by atoms with van der Waals surface area (Å²) in [5.74, 6) is -0.501. The first-order valence-electron chi connectivity index (χ1n) is 4.52. The van der Waals surface area contributed by atoms with Crippen molar-refractivity contribution >= 4 is 23.6 Å². The predicted molar refractivity (Wildman–Crippen MR) is 58.2 cm³/mol. The third-order valence-electron chi connectivity index (χ3n) is 1.89. The van der Waals surface area contributed by atoms with Gasteiger partial charge in [-0.3, -0.25) is 0 Å². The van der Waals surface area contributed by atoms with Crippen LogP contribution in [0.3, 0.4) is 0 Å². The van der Waals surface area contributed by atoms with Crippen LogP contribution >= 0.6 is 0 Å². The molecule has 0 aliphatic rings. The average molecular weight is 235 g/mol. The molecule has 0 bridgehead atoms. The van der Waals surface area contributed by atoms with Gasteiger partial charge in [0.25, 0.3) is 0 Å². The number of ether oxygens (including phenoxy) is 1. The van der Waals surface area contributed by atoms with Gasteiger partial charge < -0.3 is 15.2 Å². The molecular weight excluding hydrogens is 226 g/mol. The third kappa shape index (κ3) is 3.19. The Morgan fingerprint density at radius 1 is 1.29 bits per heavy atom. The molecule has 6 heteroatoms. The minimum atomic E-state index is -1.06. The lowest BCUT2D eigenvalue weighted by atomic mass is 10.2. The Morgan fingerprint density at radius 2 is 1.88 bits per heavy atom. The monoisotopic (exact) mass is 235 g/mol. The van der Waals surface area contributed by atoms with Crippen LogP contribution in [0, 0.1) is 0 Å². The number of aromatic carboxylic acids is 1. The Kier molecular flexibility index (Phi) is 4.02. The first-order valence-corrected chi connectivity index (χ1v) is 4.52. The Morgan fingerprint density at radius 3 is 2.29 bits per heavy atom. The zero-order valence-corrected chi connectivity index (χ0v) is 8.89. The van der Waals surface area contributed by atoms with E-state index in [1.165, 1.54) is 30.2 Å². The molecule has 0 saturated carbocycles. The molecule has 0 heterocycles. The number of carboxylic acids is 1. The minimum Gasteiger partial charge on any atom is -0.478 e. The molecule has 0 saturated heterocycles. The zero-order valence-electron chi connectivity index (χ0n) is 8.89. The molecular formula is C11H9NO5. The fraction of sp³-hybridized carbons (Fsp3) is 0.0909. The zero-order chi connectivity index (χ0) is 12.8. The maximum absolute atomic E-state index is 11.0. The van der Waals surface area contributed by atoms with Crippen molar-refractivity contribution in [1.82, 2.24) is 0 Å². The SMILES string of the molecule is COC(=O)C(=C=O)Nc1ccc(C(=O)O)cc1. The van der Waals surface area contributed by atoms with Gasteiger partial charge in [0.15, 0.2) is 5.94 Å². The number of methoxy groups -OCH3 is 1. The van der Waals surface area contributed by atoms with Gasteiger partial charge in [-0.05, 0) is 24.3 Å². The Balaban J connectivity index is 2.85. The molecule has 88 valence electrons.